The molecule has 0 bridgehead atoms. The van der Waals surface area contributed by atoms with Crippen LogP contribution in [0, 0.1) is 0 Å². The number of piperidine rings is 1. The Balaban J connectivity index is 1.36. The molecule has 174 valence electrons. The van der Waals surface area contributed by atoms with Crippen molar-refractivity contribution < 1.29 is 18.7 Å². The normalized spacial score (nSPS) is 19.7. The van der Waals surface area contributed by atoms with Gasteiger partial charge in [-0.15, -0.1) is 0 Å². The number of nitrogens with zero attached hydrogens (tertiary/aromatic N) is 3. The molecule has 3 aliphatic heterocycles. The molecule has 1 fully saturated rings. The van der Waals surface area contributed by atoms with Crippen molar-refractivity contribution >= 4 is 23.2 Å². The van der Waals surface area contributed by atoms with Gasteiger partial charge in [0.05, 0.1) is 12.3 Å². The fourth-order valence-corrected chi connectivity index (χ4v) is 5.33. The van der Waals surface area contributed by atoms with E-state index in [1.54, 1.807) is 9.80 Å². The maximum atomic E-state index is 13.8. The van der Waals surface area contributed by atoms with Crippen LogP contribution in [0.3, 0.4) is 0 Å². The second-order valence-electron chi connectivity index (χ2n) is 9.05. The average molecular weight is 461 g/mol. The molecule has 0 radical (unpaired) electrons. The number of hydrogen-bond acceptors (Lipinski definition) is 4. The maximum absolute atomic E-state index is 13.8. The lowest BCUT2D eigenvalue weighted by molar-refractivity contribution is -0.119. The summed E-state index contributed by atoms with van der Waals surface area (Å²) in [6, 6.07) is 13.6. The van der Waals surface area contributed by atoms with E-state index < -0.39 is 6.67 Å². The van der Waals surface area contributed by atoms with Gasteiger partial charge in [0, 0.05) is 48.8 Å². The van der Waals surface area contributed by atoms with Crippen molar-refractivity contribution in [1.82, 2.24) is 10.2 Å². The van der Waals surface area contributed by atoms with Crippen LogP contribution < -0.4 is 14.5 Å². The van der Waals surface area contributed by atoms with Crippen LogP contribution in [-0.2, 0) is 17.9 Å². The molecule has 2 aromatic carbocycles. The number of halogens is 1. The predicted molar refractivity (Wildman–Crippen MR) is 125 cm³/mol. The van der Waals surface area contributed by atoms with Gasteiger partial charge in [-0.1, -0.05) is 12.1 Å². The van der Waals surface area contributed by atoms with Crippen LogP contribution in [0.5, 0.6) is 5.75 Å². The number of rotatable bonds is 4. The second-order valence-corrected chi connectivity index (χ2v) is 9.05. The summed E-state index contributed by atoms with van der Waals surface area (Å²) in [5, 5.41) is 6.90. The molecule has 1 unspecified atom stereocenters. The van der Waals surface area contributed by atoms with Gasteiger partial charge in [-0.25, -0.2) is 4.39 Å². The summed E-state index contributed by atoms with van der Waals surface area (Å²) in [6.45, 7) is 1.02. The number of benzene rings is 2. The van der Waals surface area contributed by atoms with Crippen LogP contribution in [0.15, 0.2) is 42.5 Å². The minimum atomic E-state index is -0.734. The first kappa shape index (κ1) is 20.9. The third kappa shape index (κ3) is 3.36. The monoisotopic (exact) mass is 460 g/mol. The maximum Gasteiger partial charge on any atom is 0.276 e. The van der Waals surface area contributed by atoms with Crippen molar-refractivity contribution in [2.75, 3.05) is 29.5 Å². The summed E-state index contributed by atoms with van der Waals surface area (Å²) in [4.78, 5) is 29.2. The third-order valence-electron chi connectivity index (χ3n) is 7.09. The summed E-state index contributed by atoms with van der Waals surface area (Å²) in [6.07, 6.45) is 3.33. The Morgan fingerprint density at radius 2 is 1.82 bits per heavy atom. The Morgan fingerprint density at radius 1 is 1.03 bits per heavy atom. The van der Waals surface area contributed by atoms with Crippen molar-refractivity contribution in [3.63, 3.8) is 0 Å². The van der Waals surface area contributed by atoms with E-state index in [4.69, 9.17) is 4.74 Å². The zero-order chi connectivity index (χ0) is 23.2. The number of aromatic amines is 1. The summed E-state index contributed by atoms with van der Waals surface area (Å²) in [5.41, 5.74) is 4.96. The van der Waals surface area contributed by atoms with Crippen LogP contribution in [-0.4, -0.2) is 41.7 Å². The van der Waals surface area contributed by atoms with E-state index in [-0.39, 0.29) is 23.4 Å². The zero-order valence-electron chi connectivity index (χ0n) is 18.7. The van der Waals surface area contributed by atoms with Gasteiger partial charge in [-0.3, -0.25) is 14.7 Å². The lowest BCUT2D eigenvalue weighted by Crippen LogP contribution is -2.40. The van der Waals surface area contributed by atoms with E-state index in [0.29, 0.717) is 37.4 Å². The Labute approximate surface area is 196 Å². The van der Waals surface area contributed by atoms with Gasteiger partial charge in [-0.2, -0.15) is 5.10 Å². The quantitative estimate of drug-likeness (QED) is 0.635. The Bertz CT molecular complexity index is 1270. The number of aromatic nitrogens is 2. The van der Waals surface area contributed by atoms with Gasteiger partial charge in [0.2, 0.25) is 5.91 Å². The number of anilines is 2. The van der Waals surface area contributed by atoms with E-state index in [2.05, 4.69) is 16.3 Å². The van der Waals surface area contributed by atoms with Crippen molar-refractivity contribution in [2.45, 2.75) is 38.3 Å². The summed E-state index contributed by atoms with van der Waals surface area (Å²) < 4.78 is 19.4. The molecule has 0 saturated carbocycles. The number of H-pyrrole nitrogens is 1. The fourth-order valence-electron chi connectivity index (χ4n) is 5.33. The van der Waals surface area contributed by atoms with E-state index >= 15 is 0 Å². The lowest BCUT2D eigenvalue weighted by atomic mass is 9.85. The second kappa shape index (κ2) is 8.27. The van der Waals surface area contributed by atoms with E-state index in [9.17, 15) is 14.0 Å². The van der Waals surface area contributed by atoms with Crippen molar-refractivity contribution in [2.24, 2.45) is 0 Å². The highest BCUT2D eigenvalue weighted by Gasteiger charge is 2.37. The standard InChI is InChI=1S/C26H25FN4O3/c27-14-21-24-20(16-4-9-22-17(13-16)10-12-34-22)15-31(26(33)25(24)29-28-21)19-7-5-18(6-8-19)30-11-2-1-3-23(30)32/h4-9,13,20H,1-3,10-12,14-15H2,(H,28,29). The Hall–Kier alpha value is -3.68. The first-order valence-corrected chi connectivity index (χ1v) is 11.7. The molecule has 3 aliphatic rings. The highest BCUT2D eigenvalue weighted by molar-refractivity contribution is 6.07. The first-order chi connectivity index (χ1) is 16.6. The number of amides is 2. The Kier molecular flexibility index (Phi) is 5.08. The van der Waals surface area contributed by atoms with Crippen LogP contribution in [0.4, 0.5) is 15.8 Å². The smallest absolute Gasteiger partial charge is 0.276 e. The number of alkyl halides is 1. The largest absolute Gasteiger partial charge is 0.493 e. The predicted octanol–water partition coefficient (Wildman–Crippen LogP) is 4.12. The molecule has 7 nitrogen and oxygen atoms in total. The molecule has 6 rings (SSSR count). The highest BCUT2D eigenvalue weighted by atomic mass is 19.1. The minimum absolute atomic E-state index is 0.134. The minimum Gasteiger partial charge on any atom is -0.493 e. The van der Waals surface area contributed by atoms with Gasteiger partial charge >= 0.3 is 0 Å². The first-order valence-electron chi connectivity index (χ1n) is 11.7. The molecule has 3 aromatic rings. The van der Waals surface area contributed by atoms with Crippen molar-refractivity contribution in [3.8, 4) is 5.75 Å². The molecule has 1 N–H and O–H groups in total. The molecular weight excluding hydrogens is 435 g/mol. The van der Waals surface area contributed by atoms with Gasteiger partial charge in [0.15, 0.2) is 0 Å². The van der Waals surface area contributed by atoms with Gasteiger partial charge in [0.25, 0.3) is 5.91 Å². The topological polar surface area (TPSA) is 78.5 Å². The zero-order valence-corrected chi connectivity index (χ0v) is 18.7. The lowest BCUT2D eigenvalue weighted by Gasteiger charge is -2.33. The van der Waals surface area contributed by atoms with Crippen LogP contribution in [0.2, 0.25) is 0 Å². The summed E-state index contributed by atoms with van der Waals surface area (Å²) in [7, 11) is 0. The van der Waals surface area contributed by atoms with E-state index in [0.717, 1.165) is 47.5 Å². The average Bonchev–Trinajstić information content (AvgIpc) is 3.52. The number of fused-ring (bicyclic) bond motifs is 2. The van der Waals surface area contributed by atoms with Gasteiger partial charge in [-0.05, 0) is 54.3 Å². The van der Waals surface area contributed by atoms with E-state index in [1.165, 1.54) is 0 Å². The Morgan fingerprint density at radius 3 is 2.59 bits per heavy atom. The number of carbonyl (C=O) groups excluding carboxylic acids is 2. The molecule has 34 heavy (non-hydrogen) atoms. The van der Waals surface area contributed by atoms with Gasteiger partial charge in [0.1, 0.15) is 18.1 Å². The number of ether oxygens (including phenoxy) is 1. The van der Waals surface area contributed by atoms with Crippen LogP contribution >= 0.6 is 0 Å². The van der Waals surface area contributed by atoms with Gasteiger partial charge < -0.3 is 14.5 Å². The molecule has 1 saturated heterocycles. The van der Waals surface area contributed by atoms with Crippen molar-refractivity contribution in [3.05, 3.63) is 70.5 Å². The number of hydrogen-bond donors (Lipinski definition) is 1. The van der Waals surface area contributed by atoms with E-state index in [1.807, 2.05) is 36.4 Å². The highest BCUT2D eigenvalue weighted by Crippen LogP contribution is 2.39. The molecule has 8 heteroatoms. The summed E-state index contributed by atoms with van der Waals surface area (Å²) in [5.74, 6) is 0.569. The SMILES string of the molecule is O=C1CCCCN1c1ccc(N2CC(c3ccc4c(c3)CCO4)c3c(CF)n[nH]c3C2=O)cc1. The molecule has 4 heterocycles. The fraction of sp³-hybridized carbons (Fsp3) is 0.346. The molecule has 1 aromatic heterocycles. The molecule has 2 amide bonds. The molecule has 1 atom stereocenters. The molecule has 0 spiro atoms. The van der Waals surface area contributed by atoms with Crippen molar-refractivity contribution in [1.29, 1.82) is 0 Å². The number of nitrogens with one attached hydrogen (secondary N) is 1. The summed E-state index contributed by atoms with van der Waals surface area (Å²) >= 11 is 0. The molecule has 0 aliphatic carbocycles. The van der Waals surface area contributed by atoms with Crippen LogP contribution in [0.25, 0.3) is 0 Å². The third-order valence-corrected chi connectivity index (χ3v) is 7.09. The number of carbonyl (C=O) groups is 2. The molecular formula is C26H25FN4O3. The van der Waals surface area contributed by atoms with Crippen LogP contribution in [0.1, 0.15) is 58.1 Å².